The lowest BCUT2D eigenvalue weighted by Crippen LogP contribution is -2.43. The zero-order valence-electron chi connectivity index (χ0n) is 12.3. The summed E-state index contributed by atoms with van der Waals surface area (Å²) >= 11 is 0. The fourth-order valence-corrected chi connectivity index (χ4v) is 1.91. The van der Waals surface area contributed by atoms with Crippen LogP contribution in [0.3, 0.4) is 0 Å². The van der Waals surface area contributed by atoms with Gasteiger partial charge in [0.05, 0.1) is 18.3 Å². The predicted molar refractivity (Wildman–Crippen MR) is 74.5 cm³/mol. The van der Waals surface area contributed by atoms with Crippen LogP contribution in [0, 0.1) is 0 Å². The van der Waals surface area contributed by atoms with E-state index >= 15 is 0 Å². The molecule has 1 aromatic heterocycles. The van der Waals surface area contributed by atoms with Crippen LogP contribution in [-0.4, -0.2) is 39.0 Å². The summed E-state index contributed by atoms with van der Waals surface area (Å²) in [5.41, 5.74) is 0.851. The zero-order chi connectivity index (χ0) is 13.8. The normalized spacial score (nSPS) is 12.7. The second kappa shape index (κ2) is 6.34. The minimum absolute atomic E-state index is 0.150. The molecule has 0 fully saturated rings. The fraction of sp³-hybridized carbons (Fsp3) is 0.786. The molecule has 1 N–H and O–H groups in total. The van der Waals surface area contributed by atoms with Gasteiger partial charge in [-0.05, 0) is 39.8 Å². The molecule has 0 aliphatic carbocycles. The van der Waals surface area contributed by atoms with Crippen molar-refractivity contribution < 1.29 is 5.11 Å². The van der Waals surface area contributed by atoms with Gasteiger partial charge in [-0.2, -0.15) is 5.10 Å². The van der Waals surface area contributed by atoms with Crippen LogP contribution in [0.1, 0.15) is 52.3 Å². The first-order valence-electron chi connectivity index (χ1n) is 6.80. The number of nitrogens with zero attached hydrogens (tertiary/aromatic N) is 3. The van der Waals surface area contributed by atoms with Crippen molar-refractivity contribution in [3.05, 3.63) is 18.0 Å². The van der Waals surface area contributed by atoms with Crippen LogP contribution in [0.4, 0.5) is 0 Å². The maximum absolute atomic E-state index is 9.34. The summed E-state index contributed by atoms with van der Waals surface area (Å²) in [4.78, 5) is 2.13. The van der Waals surface area contributed by atoms with Gasteiger partial charge in [-0.3, -0.25) is 9.58 Å². The quantitative estimate of drug-likeness (QED) is 0.811. The maximum Gasteiger partial charge on any atom is 0.0764 e. The molecule has 0 saturated heterocycles. The molecule has 0 bridgehead atoms. The minimum atomic E-state index is -0.210. The number of likely N-dealkylation sites (N-methyl/N-ethyl adjacent to an activating group) is 1. The Kier molecular flexibility index (Phi) is 5.35. The minimum Gasteiger partial charge on any atom is -0.394 e. The lowest BCUT2D eigenvalue weighted by Gasteiger charge is -2.33. The van der Waals surface area contributed by atoms with Crippen LogP contribution in [0.25, 0.3) is 0 Å². The lowest BCUT2D eigenvalue weighted by atomic mass is 10.1. The van der Waals surface area contributed by atoms with Crippen molar-refractivity contribution in [3.63, 3.8) is 0 Å². The van der Waals surface area contributed by atoms with Crippen molar-refractivity contribution in [1.82, 2.24) is 14.7 Å². The van der Waals surface area contributed by atoms with E-state index in [1.165, 1.54) is 0 Å². The van der Waals surface area contributed by atoms with Crippen molar-refractivity contribution in [2.75, 3.05) is 13.7 Å². The van der Waals surface area contributed by atoms with Gasteiger partial charge in [0.25, 0.3) is 0 Å². The maximum atomic E-state index is 9.34. The summed E-state index contributed by atoms with van der Waals surface area (Å²) in [6, 6.07) is 2.57. The number of rotatable bonds is 7. The Morgan fingerprint density at radius 3 is 2.50 bits per heavy atom. The molecule has 0 aromatic carbocycles. The van der Waals surface area contributed by atoms with E-state index in [4.69, 9.17) is 0 Å². The van der Waals surface area contributed by atoms with Crippen molar-refractivity contribution in [2.45, 2.75) is 58.7 Å². The first-order valence-corrected chi connectivity index (χ1v) is 6.80. The van der Waals surface area contributed by atoms with Gasteiger partial charge in [0.1, 0.15) is 0 Å². The van der Waals surface area contributed by atoms with Crippen LogP contribution in [0.2, 0.25) is 0 Å². The van der Waals surface area contributed by atoms with E-state index in [1.807, 2.05) is 20.9 Å². The third kappa shape index (κ3) is 3.56. The zero-order valence-corrected chi connectivity index (χ0v) is 12.3. The smallest absolute Gasteiger partial charge is 0.0764 e. The van der Waals surface area contributed by atoms with Gasteiger partial charge in [-0.25, -0.2) is 0 Å². The molecule has 0 unspecified atom stereocenters. The van der Waals surface area contributed by atoms with E-state index < -0.39 is 0 Å². The highest BCUT2D eigenvalue weighted by Crippen LogP contribution is 2.17. The van der Waals surface area contributed by atoms with E-state index in [1.54, 1.807) is 0 Å². The molecule has 0 atom stereocenters. The summed E-state index contributed by atoms with van der Waals surface area (Å²) in [6.07, 6.45) is 4.28. The van der Waals surface area contributed by atoms with Gasteiger partial charge < -0.3 is 5.11 Å². The van der Waals surface area contributed by atoms with Gasteiger partial charge in [0.15, 0.2) is 0 Å². The summed E-state index contributed by atoms with van der Waals surface area (Å²) < 4.78 is 2.06. The predicted octanol–water partition coefficient (Wildman–Crippen LogP) is 2.45. The first-order chi connectivity index (χ1) is 8.44. The Morgan fingerprint density at radius 2 is 2.00 bits per heavy atom. The highest BCUT2D eigenvalue weighted by Gasteiger charge is 2.23. The molecule has 18 heavy (non-hydrogen) atoms. The average Bonchev–Trinajstić information content (AvgIpc) is 2.79. The summed E-state index contributed by atoms with van der Waals surface area (Å²) in [5, 5.41) is 14.0. The van der Waals surface area contributed by atoms with Crippen molar-refractivity contribution in [1.29, 1.82) is 0 Å². The van der Waals surface area contributed by atoms with Crippen LogP contribution >= 0.6 is 0 Å². The van der Waals surface area contributed by atoms with Crippen molar-refractivity contribution in [3.8, 4) is 0 Å². The van der Waals surface area contributed by atoms with Gasteiger partial charge in [0.2, 0.25) is 0 Å². The monoisotopic (exact) mass is 253 g/mol. The van der Waals surface area contributed by atoms with Gasteiger partial charge in [-0.1, -0.05) is 13.8 Å². The SMILES string of the molecule is CCC(CC)n1ccc(CN(C)C(C)(C)CO)n1. The molecule has 0 aliphatic heterocycles. The third-order valence-corrected chi connectivity index (χ3v) is 3.80. The fourth-order valence-electron chi connectivity index (χ4n) is 1.91. The van der Waals surface area contributed by atoms with E-state index in [0.717, 1.165) is 25.1 Å². The first kappa shape index (κ1) is 15.2. The van der Waals surface area contributed by atoms with Crippen LogP contribution in [-0.2, 0) is 6.54 Å². The molecule has 0 radical (unpaired) electrons. The Balaban J connectivity index is 2.70. The molecule has 104 valence electrons. The Bertz CT molecular complexity index is 356. The molecule has 4 nitrogen and oxygen atoms in total. The molecular weight excluding hydrogens is 226 g/mol. The Labute approximate surface area is 111 Å². The largest absolute Gasteiger partial charge is 0.394 e. The van der Waals surface area contributed by atoms with Crippen LogP contribution in [0.15, 0.2) is 12.3 Å². The molecule has 0 aliphatic rings. The molecule has 1 heterocycles. The number of aliphatic hydroxyl groups excluding tert-OH is 1. The lowest BCUT2D eigenvalue weighted by molar-refractivity contribution is 0.0722. The standard InChI is InChI=1S/C14H27N3O/c1-6-13(7-2)17-9-8-12(15-17)10-16(5)14(3,4)11-18/h8-9,13,18H,6-7,10-11H2,1-5H3. The second-order valence-corrected chi connectivity index (χ2v) is 5.58. The Hall–Kier alpha value is -0.870. The van der Waals surface area contributed by atoms with E-state index in [-0.39, 0.29) is 12.1 Å². The average molecular weight is 253 g/mol. The topological polar surface area (TPSA) is 41.3 Å². The molecule has 0 saturated carbocycles. The second-order valence-electron chi connectivity index (χ2n) is 5.58. The molecule has 4 heteroatoms. The van der Waals surface area contributed by atoms with Crippen molar-refractivity contribution in [2.24, 2.45) is 0 Å². The van der Waals surface area contributed by atoms with Crippen LogP contribution < -0.4 is 0 Å². The summed E-state index contributed by atoms with van der Waals surface area (Å²) in [5.74, 6) is 0. The van der Waals surface area contributed by atoms with Gasteiger partial charge in [-0.15, -0.1) is 0 Å². The van der Waals surface area contributed by atoms with Crippen LogP contribution in [0.5, 0.6) is 0 Å². The third-order valence-electron chi connectivity index (χ3n) is 3.80. The number of aliphatic hydroxyl groups is 1. The molecule has 0 spiro atoms. The van der Waals surface area contributed by atoms with E-state index in [9.17, 15) is 5.11 Å². The van der Waals surface area contributed by atoms with Crippen molar-refractivity contribution >= 4 is 0 Å². The molecular formula is C14H27N3O. The highest BCUT2D eigenvalue weighted by molar-refractivity contribution is 5.00. The van der Waals surface area contributed by atoms with E-state index in [0.29, 0.717) is 6.04 Å². The van der Waals surface area contributed by atoms with E-state index in [2.05, 4.69) is 40.8 Å². The summed E-state index contributed by atoms with van der Waals surface area (Å²) in [6.45, 7) is 9.36. The Morgan fingerprint density at radius 1 is 1.39 bits per heavy atom. The van der Waals surface area contributed by atoms with Gasteiger partial charge >= 0.3 is 0 Å². The molecule has 0 amide bonds. The summed E-state index contributed by atoms with van der Waals surface area (Å²) in [7, 11) is 2.02. The number of aromatic nitrogens is 2. The highest BCUT2D eigenvalue weighted by atomic mass is 16.3. The number of hydrogen-bond donors (Lipinski definition) is 1. The molecule has 1 rings (SSSR count). The molecule has 1 aromatic rings. The van der Waals surface area contributed by atoms with Gasteiger partial charge in [0, 0.05) is 18.3 Å². The number of hydrogen-bond acceptors (Lipinski definition) is 3.